The van der Waals surface area contributed by atoms with E-state index in [1.807, 2.05) is 0 Å². The van der Waals surface area contributed by atoms with Crippen molar-refractivity contribution in [3.63, 3.8) is 0 Å². The third kappa shape index (κ3) is 4.96. The summed E-state index contributed by atoms with van der Waals surface area (Å²) in [6.45, 7) is 8.66. The SMILES string of the molecule is CCNC(C(C)CCOC)C(CC)c1ccccc1. The van der Waals surface area contributed by atoms with Crippen molar-refractivity contribution in [1.82, 2.24) is 5.32 Å². The van der Waals surface area contributed by atoms with E-state index in [9.17, 15) is 0 Å². The first-order chi connectivity index (χ1) is 9.24. The summed E-state index contributed by atoms with van der Waals surface area (Å²) in [4.78, 5) is 0. The molecule has 0 aromatic heterocycles. The molecule has 1 N–H and O–H groups in total. The number of ether oxygens (including phenoxy) is 1. The zero-order chi connectivity index (χ0) is 14.1. The molecule has 19 heavy (non-hydrogen) atoms. The molecule has 0 aliphatic carbocycles. The molecular weight excluding hydrogens is 234 g/mol. The first kappa shape index (κ1) is 16.2. The molecule has 0 fully saturated rings. The van der Waals surface area contributed by atoms with Gasteiger partial charge in [0.15, 0.2) is 0 Å². The van der Waals surface area contributed by atoms with Gasteiger partial charge in [-0.2, -0.15) is 0 Å². The largest absolute Gasteiger partial charge is 0.385 e. The van der Waals surface area contributed by atoms with Crippen LogP contribution >= 0.6 is 0 Å². The van der Waals surface area contributed by atoms with Gasteiger partial charge in [0, 0.05) is 19.8 Å². The molecule has 0 aliphatic rings. The zero-order valence-electron chi connectivity index (χ0n) is 12.9. The number of methoxy groups -OCH3 is 1. The maximum absolute atomic E-state index is 5.23. The van der Waals surface area contributed by atoms with Crippen molar-refractivity contribution < 1.29 is 4.74 Å². The minimum absolute atomic E-state index is 0.521. The van der Waals surface area contributed by atoms with Gasteiger partial charge in [0.05, 0.1) is 0 Å². The Morgan fingerprint density at radius 3 is 2.37 bits per heavy atom. The van der Waals surface area contributed by atoms with Crippen LogP contribution in [0.2, 0.25) is 0 Å². The van der Waals surface area contributed by atoms with E-state index in [-0.39, 0.29) is 0 Å². The fourth-order valence-corrected chi connectivity index (χ4v) is 2.86. The van der Waals surface area contributed by atoms with Crippen LogP contribution in [0.1, 0.15) is 45.1 Å². The van der Waals surface area contributed by atoms with Gasteiger partial charge in [-0.05, 0) is 36.8 Å². The van der Waals surface area contributed by atoms with Crippen molar-refractivity contribution in [2.24, 2.45) is 5.92 Å². The third-order valence-electron chi connectivity index (χ3n) is 3.93. The molecule has 0 bridgehead atoms. The molecule has 0 heterocycles. The summed E-state index contributed by atoms with van der Waals surface area (Å²) < 4.78 is 5.23. The Balaban J connectivity index is 2.82. The van der Waals surface area contributed by atoms with Crippen LogP contribution < -0.4 is 5.32 Å². The van der Waals surface area contributed by atoms with Crippen molar-refractivity contribution in [1.29, 1.82) is 0 Å². The van der Waals surface area contributed by atoms with Crippen molar-refractivity contribution in [2.45, 2.75) is 45.6 Å². The summed E-state index contributed by atoms with van der Waals surface area (Å²) >= 11 is 0. The lowest BCUT2D eigenvalue weighted by molar-refractivity contribution is 0.165. The predicted molar refractivity (Wildman–Crippen MR) is 82.6 cm³/mol. The standard InChI is InChI=1S/C17H29NO/c1-5-16(15-10-8-7-9-11-15)17(18-6-2)14(3)12-13-19-4/h7-11,14,16-18H,5-6,12-13H2,1-4H3. The summed E-state index contributed by atoms with van der Waals surface area (Å²) in [6, 6.07) is 11.4. The molecule has 108 valence electrons. The van der Waals surface area contributed by atoms with Crippen LogP contribution in [0.5, 0.6) is 0 Å². The molecular formula is C17H29NO. The van der Waals surface area contributed by atoms with E-state index in [1.54, 1.807) is 7.11 Å². The summed E-state index contributed by atoms with van der Waals surface area (Å²) in [6.07, 6.45) is 2.27. The summed E-state index contributed by atoms with van der Waals surface area (Å²) in [5.41, 5.74) is 1.44. The average Bonchev–Trinajstić information content (AvgIpc) is 2.45. The van der Waals surface area contributed by atoms with E-state index in [0.29, 0.717) is 17.9 Å². The Bertz CT molecular complexity index is 325. The van der Waals surface area contributed by atoms with Crippen molar-refractivity contribution >= 4 is 0 Å². The first-order valence-corrected chi connectivity index (χ1v) is 7.51. The zero-order valence-corrected chi connectivity index (χ0v) is 12.9. The molecule has 3 unspecified atom stereocenters. The molecule has 3 atom stereocenters. The van der Waals surface area contributed by atoms with Crippen LogP contribution in [0.4, 0.5) is 0 Å². The molecule has 0 amide bonds. The average molecular weight is 263 g/mol. The monoisotopic (exact) mass is 263 g/mol. The minimum atomic E-state index is 0.521. The summed E-state index contributed by atoms with van der Waals surface area (Å²) in [5.74, 6) is 1.19. The van der Waals surface area contributed by atoms with Crippen LogP contribution in [0.25, 0.3) is 0 Å². The maximum Gasteiger partial charge on any atom is 0.0465 e. The lowest BCUT2D eigenvalue weighted by Gasteiger charge is -2.32. The Morgan fingerprint density at radius 1 is 1.16 bits per heavy atom. The lowest BCUT2D eigenvalue weighted by Crippen LogP contribution is -2.40. The summed E-state index contributed by atoms with van der Waals surface area (Å²) in [7, 11) is 1.78. The quantitative estimate of drug-likeness (QED) is 0.731. The topological polar surface area (TPSA) is 21.3 Å². The second-order valence-electron chi connectivity index (χ2n) is 5.27. The Labute approximate surface area is 118 Å². The number of nitrogens with one attached hydrogen (secondary N) is 1. The first-order valence-electron chi connectivity index (χ1n) is 7.51. The van der Waals surface area contributed by atoms with Crippen LogP contribution in [0.15, 0.2) is 30.3 Å². The highest BCUT2D eigenvalue weighted by molar-refractivity contribution is 5.21. The fraction of sp³-hybridized carbons (Fsp3) is 0.647. The van der Waals surface area contributed by atoms with E-state index in [0.717, 1.165) is 19.6 Å². The van der Waals surface area contributed by atoms with E-state index in [4.69, 9.17) is 4.74 Å². The van der Waals surface area contributed by atoms with Crippen molar-refractivity contribution in [2.75, 3.05) is 20.3 Å². The van der Waals surface area contributed by atoms with E-state index >= 15 is 0 Å². The molecule has 0 radical (unpaired) electrons. The Morgan fingerprint density at radius 2 is 1.84 bits per heavy atom. The molecule has 0 aliphatic heterocycles. The van der Waals surface area contributed by atoms with Gasteiger partial charge in [-0.25, -0.2) is 0 Å². The van der Waals surface area contributed by atoms with Gasteiger partial charge in [-0.15, -0.1) is 0 Å². The highest BCUT2D eigenvalue weighted by atomic mass is 16.5. The minimum Gasteiger partial charge on any atom is -0.385 e. The van der Waals surface area contributed by atoms with E-state index < -0.39 is 0 Å². The molecule has 2 nitrogen and oxygen atoms in total. The van der Waals surface area contributed by atoms with Gasteiger partial charge in [-0.1, -0.05) is 51.1 Å². The maximum atomic E-state index is 5.23. The van der Waals surface area contributed by atoms with Gasteiger partial charge in [0.2, 0.25) is 0 Å². The number of rotatable bonds is 9. The number of likely N-dealkylation sites (N-methyl/N-ethyl adjacent to an activating group) is 1. The van der Waals surface area contributed by atoms with Gasteiger partial charge < -0.3 is 10.1 Å². The van der Waals surface area contributed by atoms with Gasteiger partial charge in [0.1, 0.15) is 0 Å². The molecule has 1 rings (SSSR count). The summed E-state index contributed by atoms with van der Waals surface area (Å²) in [5, 5.41) is 3.69. The molecule has 0 saturated heterocycles. The molecule has 2 heteroatoms. The molecule has 1 aromatic carbocycles. The van der Waals surface area contributed by atoms with Crippen molar-refractivity contribution in [3.8, 4) is 0 Å². The normalized spacial score (nSPS) is 16.0. The highest BCUT2D eigenvalue weighted by Crippen LogP contribution is 2.28. The number of hydrogen-bond acceptors (Lipinski definition) is 2. The predicted octanol–water partition coefficient (Wildman–Crippen LogP) is 3.83. The Kier molecular flexibility index (Phi) is 7.76. The number of hydrogen-bond donors (Lipinski definition) is 1. The van der Waals surface area contributed by atoms with Crippen LogP contribution in [-0.2, 0) is 4.74 Å². The van der Waals surface area contributed by atoms with Crippen LogP contribution in [0, 0.1) is 5.92 Å². The third-order valence-corrected chi connectivity index (χ3v) is 3.93. The van der Waals surface area contributed by atoms with Gasteiger partial charge in [-0.3, -0.25) is 0 Å². The van der Waals surface area contributed by atoms with Crippen molar-refractivity contribution in [3.05, 3.63) is 35.9 Å². The van der Waals surface area contributed by atoms with E-state index in [1.165, 1.54) is 12.0 Å². The smallest absolute Gasteiger partial charge is 0.0465 e. The second kappa shape index (κ2) is 9.11. The Hall–Kier alpha value is -0.860. The highest BCUT2D eigenvalue weighted by Gasteiger charge is 2.25. The molecule has 1 aromatic rings. The molecule has 0 saturated carbocycles. The number of benzene rings is 1. The van der Waals surface area contributed by atoms with E-state index in [2.05, 4.69) is 56.4 Å². The molecule has 0 spiro atoms. The van der Waals surface area contributed by atoms with Crippen LogP contribution in [-0.4, -0.2) is 26.3 Å². The fourth-order valence-electron chi connectivity index (χ4n) is 2.86. The van der Waals surface area contributed by atoms with Gasteiger partial charge >= 0.3 is 0 Å². The van der Waals surface area contributed by atoms with Gasteiger partial charge in [0.25, 0.3) is 0 Å². The van der Waals surface area contributed by atoms with Crippen LogP contribution in [0.3, 0.4) is 0 Å². The second-order valence-corrected chi connectivity index (χ2v) is 5.27. The lowest BCUT2D eigenvalue weighted by atomic mass is 9.81.